The van der Waals surface area contributed by atoms with Gasteiger partial charge in [-0.05, 0) is 117 Å². The summed E-state index contributed by atoms with van der Waals surface area (Å²) in [5, 5.41) is 8.00. The smallest absolute Gasteiger partial charge is 0.314 e. The number of aryl methyl sites for hydroxylation is 1. The maximum atomic E-state index is 12.9. The van der Waals surface area contributed by atoms with E-state index >= 15 is 0 Å². The van der Waals surface area contributed by atoms with Crippen LogP contribution in [0.15, 0.2) is 79.4 Å². The first kappa shape index (κ1) is 36.0. The second kappa shape index (κ2) is 20.4. The first-order valence-electron chi connectivity index (χ1n) is 18.0. The van der Waals surface area contributed by atoms with Gasteiger partial charge in [0.2, 0.25) is 0 Å². The van der Waals surface area contributed by atoms with Crippen LogP contribution in [0.25, 0.3) is 11.1 Å². The van der Waals surface area contributed by atoms with E-state index in [0.717, 1.165) is 73.1 Å². The summed E-state index contributed by atoms with van der Waals surface area (Å²) in [7, 11) is 0. The summed E-state index contributed by atoms with van der Waals surface area (Å²) in [6.45, 7) is 7.33. The maximum absolute atomic E-state index is 12.9. The molecule has 1 saturated carbocycles. The summed E-state index contributed by atoms with van der Waals surface area (Å²) < 4.78 is 17.8. The Kier molecular flexibility index (Phi) is 15.6. The molecule has 0 radical (unpaired) electrons. The fourth-order valence-corrected chi connectivity index (χ4v) is 6.31. The zero-order chi connectivity index (χ0) is 33.1. The third-order valence-electron chi connectivity index (χ3n) is 9.29. The molecule has 0 aliphatic heterocycles. The van der Waals surface area contributed by atoms with Crippen LogP contribution in [0.4, 0.5) is 0 Å². The van der Waals surface area contributed by atoms with Gasteiger partial charge in [0.1, 0.15) is 17.2 Å². The van der Waals surface area contributed by atoms with Crippen molar-refractivity contribution in [3.63, 3.8) is 0 Å². The van der Waals surface area contributed by atoms with E-state index in [2.05, 4.69) is 43.8 Å². The summed E-state index contributed by atoms with van der Waals surface area (Å²) in [6, 6.07) is 22.2. The molecule has 4 rings (SSSR count). The van der Waals surface area contributed by atoms with Gasteiger partial charge in [-0.2, -0.15) is 0 Å². The number of hydrogen-bond donors (Lipinski definition) is 1. The van der Waals surface area contributed by atoms with Gasteiger partial charge >= 0.3 is 5.97 Å². The van der Waals surface area contributed by atoms with E-state index in [-0.39, 0.29) is 11.9 Å². The summed E-state index contributed by atoms with van der Waals surface area (Å²) in [6.07, 6.45) is 20.1. The molecule has 0 saturated heterocycles. The number of carbonyl (C=O) groups is 1. The highest BCUT2D eigenvalue weighted by molar-refractivity contribution is 5.89. The van der Waals surface area contributed by atoms with Crippen molar-refractivity contribution in [2.45, 2.75) is 103 Å². The number of allylic oxidation sites excluding steroid dienone is 1. The molecule has 1 N–H and O–H groups in total. The van der Waals surface area contributed by atoms with E-state index in [1.54, 1.807) is 0 Å². The SMILES string of the molecule is C=CCCCCCCCCOc1ccc(OC(=O)C2CCC(COc3ccc(-c4ccc(CCCCC)cc4)c(C=N)c3)CC2)cc1. The second-order valence-electron chi connectivity index (χ2n) is 13.0. The van der Waals surface area contributed by atoms with Crippen LogP contribution in [0.3, 0.4) is 0 Å². The zero-order valence-electron chi connectivity index (χ0n) is 28.5. The lowest BCUT2D eigenvalue weighted by atomic mass is 9.82. The van der Waals surface area contributed by atoms with E-state index in [4.69, 9.17) is 19.6 Å². The van der Waals surface area contributed by atoms with Gasteiger partial charge in [-0.1, -0.05) is 81.9 Å². The number of unbranched alkanes of at least 4 members (excludes halogenated alkanes) is 8. The Balaban J connectivity index is 1.14. The van der Waals surface area contributed by atoms with Gasteiger partial charge in [0, 0.05) is 11.8 Å². The summed E-state index contributed by atoms with van der Waals surface area (Å²) in [5.41, 5.74) is 4.39. The van der Waals surface area contributed by atoms with E-state index in [1.165, 1.54) is 63.1 Å². The molecule has 1 aliphatic rings. The minimum Gasteiger partial charge on any atom is -0.494 e. The van der Waals surface area contributed by atoms with Gasteiger partial charge in [0.05, 0.1) is 19.1 Å². The van der Waals surface area contributed by atoms with Crippen molar-refractivity contribution in [1.29, 1.82) is 5.41 Å². The van der Waals surface area contributed by atoms with Crippen LogP contribution >= 0.6 is 0 Å². The Labute approximate surface area is 283 Å². The minimum absolute atomic E-state index is 0.0826. The standard InChI is InChI=1S/C42H55NO4/c1-3-5-7-8-9-10-11-13-29-45-38-23-25-39(26-24-38)47-42(44)36-21-17-34(18-22-36)32-46-40-27-28-41(37(30-40)31-43)35-19-15-33(16-20-35)14-12-6-4-2/h3,15-16,19-20,23-28,30-31,34,36,43H,1,4-14,17-18,21-22,29,32H2,2H3. The minimum atomic E-state index is -0.147. The molecule has 0 unspecified atom stereocenters. The summed E-state index contributed by atoms with van der Waals surface area (Å²) in [4.78, 5) is 12.9. The van der Waals surface area contributed by atoms with E-state index in [9.17, 15) is 4.79 Å². The van der Waals surface area contributed by atoms with Crippen molar-refractivity contribution in [3.8, 4) is 28.4 Å². The lowest BCUT2D eigenvalue weighted by Crippen LogP contribution is -2.27. The first-order valence-corrected chi connectivity index (χ1v) is 18.0. The number of carbonyl (C=O) groups excluding carboxylic acids is 1. The van der Waals surface area contributed by atoms with Gasteiger partial charge in [0.15, 0.2) is 0 Å². The number of esters is 1. The second-order valence-corrected chi connectivity index (χ2v) is 13.0. The maximum Gasteiger partial charge on any atom is 0.314 e. The predicted octanol–water partition coefficient (Wildman–Crippen LogP) is 11.2. The fraction of sp³-hybridized carbons (Fsp3) is 0.476. The third-order valence-corrected chi connectivity index (χ3v) is 9.29. The van der Waals surface area contributed by atoms with Gasteiger partial charge in [-0.15, -0.1) is 6.58 Å². The first-order chi connectivity index (χ1) is 23.1. The fourth-order valence-electron chi connectivity index (χ4n) is 6.31. The molecule has 5 nitrogen and oxygen atoms in total. The van der Waals surface area contributed by atoms with E-state index in [1.807, 2.05) is 42.5 Å². The van der Waals surface area contributed by atoms with Gasteiger partial charge in [-0.3, -0.25) is 4.79 Å². The van der Waals surface area contributed by atoms with Crippen molar-refractivity contribution in [3.05, 3.63) is 90.5 Å². The van der Waals surface area contributed by atoms with Crippen molar-refractivity contribution >= 4 is 12.2 Å². The molecule has 252 valence electrons. The van der Waals surface area contributed by atoms with Crippen molar-refractivity contribution in [2.24, 2.45) is 11.8 Å². The van der Waals surface area contributed by atoms with Crippen LogP contribution in [0, 0.1) is 17.2 Å². The topological polar surface area (TPSA) is 68.6 Å². The predicted molar refractivity (Wildman–Crippen MR) is 194 cm³/mol. The van der Waals surface area contributed by atoms with Crippen LogP contribution in [0.1, 0.15) is 108 Å². The molecule has 47 heavy (non-hydrogen) atoms. The molecule has 0 spiro atoms. The van der Waals surface area contributed by atoms with Gasteiger partial charge < -0.3 is 19.6 Å². The summed E-state index contributed by atoms with van der Waals surface area (Å²) in [5.74, 6) is 2.33. The average Bonchev–Trinajstić information content (AvgIpc) is 3.11. The lowest BCUT2D eigenvalue weighted by Gasteiger charge is -2.27. The molecule has 3 aromatic rings. The van der Waals surface area contributed by atoms with Crippen molar-refractivity contribution in [2.75, 3.05) is 13.2 Å². The molecule has 0 atom stereocenters. The normalized spacial score (nSPS) is 15.9. The van der Waals surface area contributed by atoms with Crippen LogP contribution in [-0.4, -0.2) is 25.4 Å². The quantitative estimate of drug-likeness (QED) is 0.0415. The van der Waals surface area contributed by atoms with Crippen LogP contribution in [0.5, 0.6) is 17.2 Å². The Morgan fingerprint density at radius 2 is 1.47 bits per heavy atom. The van der Waals surface area contributed by atoms with Gasteiger partial charge in [0.25, 0.3) is 0 Å². The van der Waals surface area contributed by atoms with Crippen LogP contribution in [0.2, 0.25) is 0 Å². The number of benzene rings is 3. The molecule has 0 amide bonds. The Bertz CT molecular complexity index is 1360. The molecule has 3 aromatic carbocycles. The zero-order valence-corrected chi connectivity index (χ0v) is 28.5. The largest absolute Gasteiger partial charge is 0.494 e. The number of nitrogens with one attached hydrogen (secondary N) is 1. The molecular formula is C42H55NO4. The van der Waals surface area contributed by atoms with Crippen molar-refractivity contribution in [1.82, 2.24) is 0 Å². The number of rotatable bonds is 21. The Morgan fingerprint density at radius 3 is 2.17 bits per heavy atom. The lowest BCUT2D eigenvalue weighted by molar-refractivity contribution is -0.140. The highest BCUT2D eigenvalue weighted by Gasteiger charge is 2.28. The van der Waals surface area contributed by atoms with E-state index < -0.39 is 0 Å². The third kappa shape index (κ3) is 12.4. The Hall–Kier alpha value is -3.86. The molecule has 5 heteroatoms. The van der Waals surface area contributed by atoms with Crippen LogP contribution in [-0.2, 0) is 11.2 Å². The molecule has 1 aliphatic carbocycles. The Morgan fingerprint density at radius 1 is 0.787 bits per heavy atom. The summed E-state index contributed by atoms with van der Waals surface area (Å²) >= 11 is 0. The number of hydrogen-bond acceptors (Lipinski definition) is 5. The monoisotopic (exact) mass is 637 g/mol. The molecule has 1 fully saturated rings. The highest BCUT2D eigenvalue weighted by atomic mass is 16.5. The highest BCUT2D eigenvalue weighted by Crippen LogP contribution is 2.32. The molecule has 0 bridgehead atoms. The van der Waals surface area contributed by atoms with Gasteiger partial charge in [-0.25, -0.2) is 0 Å². The molecular weight excluding hydrogens is 582 g/mol. The molecule has 0 aromatic heterocycles. The van der Waals surface area contributed by atoms with E-state index in [0.29, 0.717) is 24.9 Å². The van der Waals surface area contributed by atoms with Crippen molar-refractivity contribution < 1.29 is 19.0 Å². The number of ether oxygens (including phenoxy) is 3. The van der Waals surface area contributed by atoms with Crippen LogP contribution < -0.4 is 14.2 Å². The molecule has 0 heterocycles. The average molecular weight is 638 g/mol.